The van der Waals surface area contributed by atoms with E-state index in [2.05, 4.69) is 6.92 Å². The summed E-state index contributed by atoms with van der Waals surface area (Å²) >= 11 is 0. The molecule has 1 fully saturated rings. The summed E-state index contributed by atoms with van der Waals surface area (Å²) in [7, 11) is 0. The lowest BCUT2D eigenvalue weighted by Gasteiger charge is -2.22. The predicted molar refractivity (Wildman–Crippen MR) is 150 cm³/mol. The summed E-state index contributed by atoms with van der Waals surface area (Å²) in [4.78, 5) is 39.8. The molecule has 0 radical (unpaired) electrons. The number of likely N-dealkylation sites (tertiary alicyclic amines) is 1. The van der Waals surface area contributed by atoms with Crippen LogP contribution in [0, 0.1) is 0 Å². The van der Waals surface area contributed by atoms with Crippen molar-refractivity contribution in [2.75, 3.05) is 6.54 Å². The maximum Gasteiger partial charge on any atom is 0.410 e. The second kappa shape index (κ2) is 17.3. The number of carbonyl (C=O) groups is 3. The predicted octanol–water partition coefficient (Wildman–Crippen LogP) is 6.97. The van der Waals surface area contributed by atoms with Gasteiger partial charge in [0.25, 0.3) is 0 Å². The number of benzene rings is 2. The molecule has 0 aromatic heterocycles. The summed E-state index contributed by atoms with van der Waals surface area (Å²) in [6.45, 7) is 2.51. The molecule has 1 aliphatic rings. The third-order valence-corrected chi connectivity index (χ3v) is 6.98. The van der Waals surface area contributed by atoms with Crippen molar-refractivity contribution in [1.82, 2.24) is 4.90 Å². The fourth-order valence-corrected chi connectivity index (χ4v) is 4.76. The molecule has 212 valence electrons. The van der Waals surface area contributed by atoms with Gasteiger partial charge in [-0.1, -0.05) is 119 Å². The first-order valence-electron chi connectivity index (χ1n) is 14.4. The highest BCUT2D eigenvalue weighted by Crippen LogP contribution is 2.24. The van der Waals surface area contributed by atoms with Crippen molar-refractivity contribution in [2.24, 2.45) is 0 Å². The number of esters is 2. The summed E-state index contributed by atoms with van der Waals surface area (Å²) in [6.07, 6.45) is 9.85. The summed E-state index contributed by atoms with van der Waals surface area (Å²) in [5, 5.41) is 0. The Labute approximate surface area is 232 Å². The van der Waals surface area contributed by atoms with E-state index in [1.807, 2.05) is 60.7 Å². The SMILES string of the molecule is CCCCCCCCCCCC(=O)O[C@@H]1C[C@@H](C(=O)OCc2ccccc2)N(C(=O)OCc2ccccc2)C1. The molecule has 0 unspecified atom stereocenters. The molecule has 0 aliphatic carbocycles. The van der Waals surface area contributed by atoms with Crippen molar-refractivity contribution < 1.29 is 28.6 Å². The van der Waals surface area contributed by atoms with E-state index in [1.165, 1.54) is 43.4 Å². The summed E-state index contributed by atoms with van der Waals surface area (Å²) in [5.41, 5.74) is 1.70. The Morgan fingerprint density at radius 2 is 1.28 bits per heavy atom. The topological polar surface area (TPSA) is 82.1 Å². The Morgan fingerprint density at radius 1 is 0.744 bits per heavy atom. The Balaban J connectivity index is 1.47. The van der Waals surface area contributed by atoms with Crippen molar-refractivity contribution in [3.8, 4) is 0 Å². The van der Waals surface area contributed by atoms with Crippen LogP contribution in [-0.4, -0.2) is 41.6 Å². The average molecular weight is 538 g/mol. The Morgan fingerprint density at radius 3 is 1.87 bits per heavy atom. The van der Waals surface area contributed by atoms with Crippen LogP contribution < -0.4 is 0 Å². The molecule has 7 nitrogen and oxygen atoms in total. The minimum atomic E-state index is -0.873. The number of rotatable bonds is 16. The fourth-order valence-electron chi connectivity index (χ4n) is 4.76. The molecule has 0 bridgehead atoms. The van der Waals surface area contributed by atoms with E-state index in [1.54, 1.807) is 0 Å². The average Bonchev–Trinajstić information content (AvgIpc) is 3.38. The van der Waals surface area contributed by atoms with Gasteiger partial charge in [0, 0.05) is 12.8 Å². The number of ether oxygens (including phenoxy) is 3. The van der Waals surface area contributed by atoms with Gasteiger partial charge in [-0.25, -0.2) is 9.59 Å². The van der Waals surface area contributed by atoms with Gasteiger partial charge in [-0.05, 0) is 17.5 Å². The van der Waals surface area contributed by atoms with Crippen molar-refractivity contribution in [2.45, 2.75) is 103 Å². The molecule has 7 heteroatoms. The van der Waals surface area contributed by atoms with Gasteiger partial charge in [0.15, 0.2) is 0 Å². The molecule has 2 aromatic rings. The van der Waals surface area contributed by atoms with E-state index in [0.29, 0.717) is 6.42 Å². The lowest BCUT2D eigenvalue weighted by atomic mass is 10.1. The van der Waals surface area contributed by atoms with Crippen LogP contribution in [0.3, 0.4) is 0 Å². The molecule has 2 aromatic carbocycles. The molecule has 2 atom stereocenters. The maximum absolute atomic E-state index is 13.0. The van der Waals surface area contributed by atoms with Crippen LogP contribution in [0.1, 0.15) is 88.7 Å². The standard InChI is InChI=1S/C32H43NO6/c1-2-3-4-5-6-7-8-9-16-21-30(34)39-28-22-29(31(35)37-24-26-17-12-10-13-18-26)33(23-28)32(36)38-25-27-19-14-11-15-20-27/h10-15,17-20,28-29H,2-9,16,21-25H2,1H3/t28-,29+/m1/s1. The molecule has 39 heavy (non-hydrogen) atoms. The molecule has 0 saturated carbocycles. The van der Waals surface area contributed by atoms with Gasteiger partial charge in [-0.15, -0.1) is 0 Å². The maximum atomic E-state index is 13.0. The molecule has 0 N–H and O–H groups in total. The van der Waals surface area contributed by atoms with Crippen molar-refractivity contribution in [3.63, 3.8) is 0 Å². The van der Waals surface area contributed by atoms with Gasteiger partial charge in [0.1, 0.15) is 25.4 Å². The van der Waals surface area contributed by atoms with Crippen LogP contribution in [0.5, 0.6) is 0 Å². The quantitative estimate of drug-likeness (QED) is 0.131. The molecule has 1 aliphatic heterocycles. The molecule has 3 rings (SSSR count). The number of nitrogens with zero attached hydrogens (tertiary/aromatic N) is 1. The van der Waals surface area contributed by atoms with Crippen LogP contribution in [0.4, 0.5) is 4.79 Å². The molecule has 0 spiro atoms. The van der Waals surface area contributed by atoms with Crippen LogP contribution >= 0.6 is 0 Å². The van der Waals surface area contributed by atoms with Crippen LogP contribution in [0.15, 0.2) is 60.7 Å². The first-order chi connectivity index (χ1) is 19.1. The van der Waals surface area contributed by atoms with Crippen LogP contribution in [0.25, 0.3) is 0 Å². The van der Waals surface area contributed by atoms with Gasteiger partial charge in [-0.3, -0.25) is 9.69 Å². The van der Waals surface area contributed by atoms with Gasteiger partial charge < -0.3 is 14.2 Å². The van der Waals surface area contributed by atoms with Crippen LogP contribution in [0.2, 0.25) is 0 Å². The first-order valence-corrected chi connectivity index (χ1v) is 14.4. The number of unbranched alkanes of at least 4 members (excludes halogenated alkanes) is 8. The minimum absolute atomic E-state index is 0.0883. The third kappa shape index (κ3) is 11.1. The van der Waals surface area contributed by atoms with Crippen molar-refractivity contribution >= 4 is 18.0 Å². The molecular formula is C32H43NO6. The molecule has 1 heterocycles. The molecular weight excluding hydrogens is 494 g/mol. The smallest absolute Gasteiger partial charge is 0.410 e. The third-order valence-electron chi connectivity index (χ3n) is 6.98. The van der Waals surface area contributed by atoms with Crippen molar-refractivity contribution in [1.29, 1.82) is 0 Å². The van der Waals surface area contributed by atoms with E-state index in [-0.39, 0.29) is 32.1 Å². The lowest BCUT2D eigenvalue weighted by molar-refractivity contribution is -0.151. The fraction of sp³-hybridized carbons (Fsp3) is 0.531. The lowest BCUT2D eigenvalue weighted by Crippen LogP contribution is -2.41. The molecule has 1 amide bonds. The van der Waals surface area contributed by atoms with Crippen molar-refractivity contribution in [3.05, 3.63) is 71.8 Å². The number of hydrogen-bond donors (Lipinski definition) is 0. The summed E-state index contributed by atoms with van der Waals surface area (Å²) in [5.74, 6) is -0.827. The van der Waals surface area contributed by atoms with Gasteiger partial charge in [0.05, 0.1) is 6.54 Å². The summed E-state index contributed by atoms with van der Waals surface area (Å²) < 4.78 is 16.7. The van der Waals surface area contributed by atoms with E-state index in [0.717, 1.165) is 30.4 Å². The van der Waals surface area contributed by atoms with Gasteiger partial charge >= 0.3 is 18.0 Å². The number of carbonyl (C=O) groups excluding carboxylic acids is 3. The second-order valence-electron chi connectivity index (χ2n) is 10.2. The number of hydrogen-bond acceptors (Lipinski definition) is 6. The highest BCUT2D eigenvalue weighted by molar-refractivity contribution is 5.82. The van der Waals surface area contributed by atoms with Crippen LogP contribution in [-0.2, 0) is 37.0 Å². The van der Waals surface area contributed by atoms with E-state index >= 15 is 0 Å². The van der Waals surface area contributed by atoms with E-state index in [4.69, 9.17) is 14.2 Å². The largest absolute Gasteiger partial charge is 0.460 e. The first kappa shape index (κ1) is 30.2. The monoisotopic (exact) mass is 537 g/mol. The zero-order valence-corrected chi connectivity index (χ0v) is 23.2. The Kier molecular flexibility index (Phi) is 13.4. The highest BCUT2D eigenvalue weighted by atomic mass is 16.6. The normalized spacial score (nSPS) is 16.6. The van der Waals surface area contributed by atoms with E-state index < -0.39 is 24.2 Å². The van der Waals surface area contributed by atoms with Gasteiger partial charge in [-0.2, -0.15) is 0 Å². The number of amides is 1. The zero-order valence-electron chi connectivity index (χ0n) is 23.2. The minimum Gasteiger partial charge on any atom is -0.460 e. The van der Waals surface area contributed by atoms with E-state index in [9.17, 15) is 14.4 Å². The highest BCUT2D eigenvalue weighted by Gasteiger charge is 2.43. The molecule has 1 saturated heterocycles. The van der Waals surface area contributed by atoms with Gasteiger partial charge in [0.2, 0.25) is 0 Å². The zero-order chi connectivity index (χ0) is 27.7. The second-order valence-corrected chi connectivity index (χ2v) is 10.2. The summed E-state index contributed by atoms with van der Waals surface area (Å²) in [6, 6.07) is 17.8. The Hall–Kier alpha value is -3.35. The Bertz CT molecular complexity index is 933.